The molecule has 7 nitrogen and oxygen atoms in total. The monoisotopic (exact) mass is 1090 g/mol. The van der Waals surface area contributed by atoms with E-state index in [-0.39, 0.29) is 5.92 Å². The van der Waals surface area contributed by atoms with Crippen molar-refractivity contribution in [1.29, 1.82) is 0 Å². The quantitative estimate of drug-likeness (QED) is 0.166. The molecular formula is C78H53N7. The number of rotatable bonds is 6. The zero-order chi connectivity index (χ0) is 55.9. The van der Waals surface area contributed by atoms with Gasteiger partial charge in [-0.1, -0.05) is 201 Å². The van der Waals surface area contributed by atoms with Crippen LogP contribution in [0.25, 0.3) is 138 Å². The second-order valence-electron chi connectivity index (χ2n) is 22.7. The molecule has 0 saturated carbocycles. The van der Waals surface area contributed by atoms with Crippen molar-refractivity contribution in [3.8, 4) is 28.7 Å². The van der Waals surface area contributed by atoms with Crippen molar-refractivity contribution >= 4 is 120 Å². The summed E-state index contributed by atoms with van der Waals surface area (Å²) in [6.07, 6.45) is 8.98. The minimum absolute atomic E-state index is 0.216. The van der Waals surface area contributed by atoms with Gasteiger partial charge in [-0.3, -0.25) is 9.13 Å². The molecule has 17 aromatic rings. The molecule has 18 rings (SSSR count). The summed E-state index contributed by atoms with van der Waals surface area (Å²) in [6.45, 7) is 2.99. The average Bonchev–Trinajstić information content (AvgIpc) is 3.29. The lowest BCUT2D eigenvalue weighted by atomic mass is 9.98. The number of aromatic nitrogens is 6. The summed E-state index contributed by atoms with van der Waals surface area (Å²) in [5.74, 6) is 1.90. The molecule has 7 heteroatoms. The van der Waals surface area contributed by atoms with Crippen LogP contribution in [0.1, 0.15) is 18.4 Å². The lowest BCUT2D eigenvalue weighted by molar-refractivity contribution is 0.950. The number of para-hydroxylation sites is 8. The van der Waals surface area contributed by atoms with Gasteiger partial charge in [-0.15, -0.1) is 0 Å². The number of hydrogen-bond acceptors (Lipinski definition) is 2. The molecule has 1 aliphatic heterocycles. The number of pyridine rings is 1. The van der Waals surface area contributed by atoms with Crippen molar-refractivity contribution in [2.24, 2.45) is 0 Å². The van der Waals surface area contributed by atoms with Crippen molar-refractivity contribution in [3.63, 3.8) is 0 Å². The average molecular weight is 1090 g/mol. The standard InChI is InChI=1S/C78H53N7/c1-50-23-4-3-21-46-80(65-33-14-7-26-55(50)65)52-47-53(81-66-34-15-8-27-56(66)57-28-9-16-35-67(57)81)49-54(48-52)82-71-39-20-13-32-64(71)75-72(82)45-44-61-58-29-11-18-37-69(58)84(76(61)75)73-40-22-41-74(79-73)85-70-38-19-12-31-60(70)63-43-42-62-59-30-10-17-36-68(59)83(77(62)78(63)85)51-24-5-2-6-25-51/h2-45,47-50H,46H2,1H3/b21-3-,23-4-. The fourth-order valence-electron chi connectivity index (χ4n) is 14.5. The Labute approximate surface area is 489 Å². The van der Waals surface area contributed by atoms with E-state index in [1.54, 1.807) is 0 Å². The molecule has 7 heterocycles. The van der Waals surface area contributed by atoms with Gasteiger partial charge in [0.15, 0.2) is 0 Å². The van der Waals surface area contributed by atoms with Gasteiger partial charge in [0, 0.05) is 83.4 Å². The highest BCUT2D eigenvalue weighted by Crippen LogP contribution is 2.46. The summed E-state index contributed by atoms with van der Waals surface area (Å²) in [5.41, 5.74) is 18.2. The molecule has 0 spiro atoms. The van der Waals surface area contributed by atoms with E-state index in [2.05, 4.69) is 320 Å². The van der Waals surface area contributed by atoms with Gasteiger partial charge in [0.1, 0.15) is 11.6 Å². The number of fused-ring (bicyclic) bond motifs is 18. The smallest absolute Gasteiger partial charge is 0.140 e. The number of hydrogen-bond donors (Lipinski definition) is 0. The predicted molar refractivity (Wildman–Crippen MR) is 356 cm³/mol. The molecule has 400 valence electrons. The normalized spacial score (nSPS) is 14.6. The molecule has 1 aliphatic rings. The van der Waals surface area contributed by atoms with Gasteiger partial charge in [0.2, 0.25) is 0 Å². The Morgan fingerprint density at radius 1 is 0.318 bits per heavy atom. The topological polar surface area (TPSA) is 40.8 Å². The Morgan fingerprint density at radius 2 is 0.753 bits per heavy atom. The number of anilines is 2. The highest BCUT2D eigenvalue weighted by molar-refractivity contribution is 6.27. The first-order valence-corrected chi connectivity index (χ1v) is 29.4. The molecule has 0 radical (unpaired) electrons. The van der Waals surface area contributed by atoms with E-state index in [0.29, 0.717) is 6.54 Å². The van der Waals surface area contributed by atoms with E-state index in [4.69, 9.17) is 4.98 Å². The lowest BCUT2D eigenvalue weighted by Gasteiger charge is -2.28. The first kappa shape index (κ1) is 47.5. The summed E-state index contributed by atoms with van der Waals surface area (Å²) >= 11 is 0. The number of benzene rings is 11. The summed E-state index contributed by atoms with van der Waals surface area (Å²) in [7, 11) is 0. The van der Waals surface area contributed by atoms with Gasteiger partial charge >= 0.3 is 0 Å². The van der Waals surface area contributed by atoms with E-state index >= 15 is 0 Å². The molecule has 0 saturated heterocycles. The Bertz CT molecular complexity index is 5630. The van der Waals surface area contributed by atoms with Crippen LogP contribution in [-0.4, -0.2) is 34.4 Å². The molecule has 0 fully saturated rings. The third-order valence-corrected chi connectivity index (χ3v) is 18.1. The third kappa shape index (κ3) is 6.92. The second kappa shape index (κ2) is 18.4. The van der Waals surface area contributed by atoms with Gasteiger partial charge in [-0.2, -0.15) is 0 Å². The van der Waals surface area contributed by atoms with Crippen LogP contribution in [0.15, 0.2) is 285 Å². The van der Waals surface area contributed by atoms with Crippen molar-refractivity contribution < 1.29 is 0 Å². The lowest BCUT2D eigenvalue weighted by Crippen LogP contribution is -2.19. The molecule has 11 aromatic carbocycles. The van der Waals surface area contributed by atoms with Crippen LogP contribution in [0.2, 0.25) is 0 Å². The first-order chi connectivity index (χ1) is 42.1. The van der Waals surface area contributed by atoms with Crippen LogP contribution in [-0.2, 0) is 0 Å². The number of allylic oxidation sites excluding steroid dienone is 3. The largest absolute Gasteiger partial charge is 0.337 e. The minimum Gasteiger partial charge on any atom is -0.337 e. The fourth-order valence-corrected chi connectivity index (χ4v) is 14.5. The van der Waals surface area contributed by atoms with Crippen molar-refractivity contribution in [1.82, 2.24) is 27.8 Å². The molecule has 85 heavy (non-hydrogen) atoms. The van der Waals surface area contributed by atoms with E-state index in [1.165, 1.54) is 81.7 Å². The molecule has 6 aromatic heterocycles. The Hall–Kier alpha value is -11.2. The summed E-state index contributed by atoms with van der Waals surface area (Å²) < 4.78 is 12.3. The molecule has 0 N–H and O–H groups in total. The highest BCUT2D eigenvalue weighted by Gasteiger charge is 2.27. The fraction of sp³-hybridized carbons (Fsp3) is 0.0385. The zero-order valence-corrected chi connectivity index (χ0v) is 46.6. The van der Waals surface area contributed by atoms with E-state index in [9.17, 15) is 0 Å². The number of nitrogens with zero attached hydrogens (tertiary/aromatic N) is 7. The Balaban J connectivity index is 0.915. The van der Waals surface area contributed by atoms with Gasteiger partial charge in [0.25, 0.3) is 0 Å². The van der Waals surface area contributed by atoms with E-state index in [0.717, 1.165) is 73.0 Å². The predicted octanol–water partition coefficient (Wildman–Crippen LogP) is 19.9. The minimum atomic E-state index is 0.216. The molecular weight excluding hydrogens is 1030 g/mol. The highest BCUT2D eigenvalue weighted by atomic mass is 15.2. The first-order valence-electron chi connectivity index (χ1n) is 29.4. The maximum absolute atomic E-state index is 5.86. The van der Waals surface area contributed by atoms with Crippen LogP contribution in [0, 0.1) is 0 Å². The van der Waals surface area contributed by atoms with Crippen molar-refractivity contribution in [2.75, 3.05) is 11.4 Å². The van der Waals surface area contributed by atoms with Gasteiger partial charge in [0.05, 0.1) is 66.5 Å². The summed E-state index contributed by atoms with van der Waals surface area (Å²) in [6, 6.07) is 95.9. The molecule has 0 amide bonds. The molecule has 0 aliphatic carbocycles. The van der Waals surface area contributed by atoms with Crippen LogP contribution in [0.5, 0.6) is 0 Å². The zero-order valence-electron chi connectivity index (χ0n) is 46.6. The van der Waals surface area contributed by atoms with Crippen LogP contribution >= 0.6 is 0 Å². The van der Waals surface area contributed by atoms with Gasteiger partial charge in [-0.05, 0) is 96.6 Å². The Morgan fingerprint density at radius 3 is 1.36 bits per heavy atom. The molecule has 1 atom stereocenters. The second-order valence-corrected chi connectivity index (χ2v) is 22.7. The van der Waals surface area contributed by atoms with Gasteiger partial charge in [-0.25, -0.2) is 4.98 Å². The Kier molecular flexibility index (Phi) is 10.3. The van der Waals surface area contributed by atoms with Gasteiger partial charge < -0.3 is 18.6 Å². The SMILES string of the molecule is CC1/C=C\C=C/CN(c2cc(-n3c4ccccc4c4ccccc43)cc(-n3c4ccccc4c4c3ccc3c5ccccc5n(-c5cccc(-n6c7ccccc7c7ccc8c9ccccc9n(-c9ccccc9)c8c76)n5)c34)c2)c2ccccc21. The molecule has 0 bridgehead atoms. The van der Waals surface area contributed by atoms with Crippen molar-refractivity contribution in [3.05, 3.63) is 291 Å². The van der Waals surface area contributed by atoms with Crippen LogP contribution in [0.3, 0.4) is 0 Å². The van der Waals surface area contributed by atoms with Crippen LogP contribution < -0.4 is 4.90 Å². The summed E-state index contributed by atoms with van der Waals surface area (Å²) in [4.78, 5) is 8.36. The van der Waals surface area contributed by atoms with E-state index < -0.39 is 0 Å². The summed E-state index contributed by atoms with van der Waals surface area (Å²) in [5, 5.41) is 11.9. The maximum atomic E-state index is 5.86. The van der Waals surface area contributed by atoms with Crippen molar-refractivity contribution in [2.45, 2.75) is 12.8 Å². The maximum Gasteiger partial charge on any atom is 0.140 e. The third-order valence-electron chi connectivity index (χ3n) is 18.1. The van der Waals surface area contributed by atoms with Crippen LogP contribution in [0.4, 0.5) is 11.4 Å². The van der Waals surface area contributed by atoms with E-state index in [1.807, 2.05) is 0 Å². The molecule has 1 unspecified atom stereocenters.